The lowest BCUT2D eigenvalue weighted by Gasteiger charge is -2.34. The van der Waals surface area contributed by atoms with Crippen molar-refractivity contribution in [3.05, 3.63) is 43.1 Å². The number of amides is 2. The highest BCUT2D eigenvalue weighted by molar-refractivity contribution is 5.89. The van der Waals surface area contributed by atoms with E-state index in [1.54, 1.807) is 23.5 Å². The van der Waals surface area contributed by atoms with Gasteiger partial charge in [-0.2, -0.15) is 10.2 Å². The molecule has 1 fully saturated rings. The molecule has 2 amide bonds. The summed E-state index contributed by atoms with van der Waals surface area (Å²) in [5.74, 6) is 0.652. The first-order chi connectivity index (χ1) is 13.7. The van der Waals surface area contributed by atoms with Crippen LogP contribution in [0, 0.1) is 0 Å². The number of hydrogen-bond acceptors (Lipinski definition) is 6. The second-order valence-electron chi connectivity index (χ2n) is 6.67. The molecule has 1 aliphatic rings. The van der Waals surface area contributed by atoms with Crippen molar-refractivity contribution < 1.29 is 4.79 Å². The molecular formula is C18H23N9O. The van der Waals surface area contributed by atoms with Crippen LogP contribution >= 0.6 is 0 Å². The van der Waals surface area contributed by atoms with E-state index in [0.29, 0.717) is 18.9 Å². The lowest BCUT2D eigenvalue weighted by molar-refractivity contribution is 0.143. The molecule has 10 heteroatoms. The predicted octanol–water partition coefficient (Wildman–Crippen LogP) is 0.923. The third-order valence-electron chi connectivity index (χ3n) is 4.81. The standard InChI is InChI=1S/C18H23N9O/c1-24-17(12-16(23-24)15-4-2-3-5-20-15)22-18(28)26-9-6-25(7-10-26)8-11-27-14-19-13-21-27/h2-5,12-14H,6-11H2,1H3,(H,22,28). The molecule has 10 nitrogen and oxygen atoms in total. The van der Waals surface area contributed by atoms with Gasteiger partial charge in [0.1, 0.15) is 24.2 Å². The zero-order valence-electron chi connectivity index (χ0n) is 15.8. The Labute approximate surface area is 162 Å². The van der Waals surface area contributed by atoms with Gasteiger partial charge in [0, 0.05) is 52.0 Å². The van der Waals surface area contributed by atoms with E-state index in [0.717, 1.165) is 37.6 Å². The number of nitrogens with zero attached hydrogens (tertiary/aromatic N) is 8. The van der Waals surface area contributed by atoms with E-state index in [-0.39, 0.29) is 6.03 Å². The minimum atomic E-state index is -0.105. The van der Waals surface area contributed by atoms with E-state index >= 15 is 0 Å². The van der Waals surface area contributed by atoms with Gasteiger partial charge in [-0.3, -0.25) is 24.6 Å². The predicted molar refractivity (Wildman–Crippen MR) is 103 cm³/mol. The molecule has 3 aromatic rings. The maximum atomic E-state index is 12.6. The number of aryl methyl sites for hydroxylation is 1. The third kappa shape index (κ3) is 4.17. The molecule has 3 aromatic heterocycles. The summed E-state index contributed by atoms with van der Waals surface area (Å²) >= 11 is 0. The van der Waals surface area contributed by atoms with Crippen molar-refractivity contribution in [2.24, 2.45) is 7.05 Å². The Morgan fingerprint density at radius 1 is 1.14 bits per heavy atom. The quantitative estimate of drug-likeness (QED) is 0.706. The highest BCUT2D eigenvalue weighted by Crippen LogP contribution is 2.19. The minimum absolute atomic E-state index is 0.105. The minimum Gasteiger partial charge on any atom is -0.322 e. The molecule has 0 unspecified atom stereocenters. The third-order valence-corrected chi connectivity index (χ3v) is 4.81. The van der Waals surface area contributed by atoms with Crippen molar-refractivity contribution in [3.63, 3.8) is 0 Å². The number of nitrogens with one attached hydrogen (secondary N) is 1. The average Bonchev–Trinajstić information content (AvgIpc) is 3.38. The van der Waals surface area contributed by atoms with Gasteiger partial charge in [0.15, 0.2) is 0 Å². The van der Waals surface area contributed by atoms with E-state index in [1.807, 2.05) is 40.9 Å². The van der Waals surface area contributed by atoms with Crippen LogP contribution in [-0.4, -0.2) is 78.1 Å². The summed E-state index contributed by atoms with van der Waals surface area (Å²) in [6.45, 7) is 4.76. The van der Waals surface area contributed by atoms with Gasteiger partial charge in [0.05, 0.1) is 12.2 Å². The summed E-state index contributed by atoms with van der Waals surface area (Å²) in [5.41, 5.74) is 1.51. The van der Waals surface area contributed by atoms with Gasteiger partial charge < -0.3 is 4.90 Å². The van der Waals surface area contributed by atoms with Crippen molar-refractivity contribution >= 4 is 11.8 Å². The lowest BCUT2D eigenvalue weighted by Crippen LogP contribution is -2.50. The van der Waals surface area contributed by atoms with Crippen LogP contribution < -0.4 is 5.32 Å². The van der Waals surface area contributed by atoms with Crippen LogP contribution in [0.5, 0.6) is 0 Å². The first kappa shape index (κ1) is 18.1. The molecule has 0 atom stereocenters. The van der Waals surface area contributed by atoms with E-state index < -0.39 is 0 Å². The molecule has 0 aliphatic carbocycles. The summed E-state index contributed by atoms with van der Waals surface area (Å²) in [4.78, 5) is 25.0. The van der Waals surface area contributed by atoms with Crippen LogP contribution in [0.3, 0.4) is 0 Å². The normalized spacial score (nSPS) is 15.0. The van der Waals surface area contributed by atoms with Crippen molar-refractivity contribution in [1.82, 2.24) is 39.3 Å². The van der Waals surface area contributed by atoms with Crippen LogP contribution in [0.2, 0.25) is 0 Å². The Morgan fingerprint density at radius 3 is 2.71 bits per heavy atom. The van der Waals surface area contributed by atoms with Crippen LogP contribution in [0.1, 0.15) is 0 Å². The fraction of sp³-hybridized carbons (Fsp3) is 0.389. The number of piperazine rings is 1. The zero-order chi connectivity index (χ0) is 19.3. The number of hydrogen-bond donors (Lipinski definition) is 1. The lowest BCUT2D eigenvalue weighted by atomic mass is 10.3. The number of carbonyl (C=O) groups excluding carboxylic acids is 1. The van der Waals surface area contributed by atoms with Gasteiger partial charge in [-0.1, -0.05) is 6.07 Å². The fourth-order valence-electron chi connectivity index (χ4n) is 3.18. The molecule has 28 heavy (non-hydrogen) atoms. The molecule has 0 radical (unpaired) electrons. The molecule has 1 N–H and O–H groups in total. The summed E-state index contributed by atoms with van der Waals surface area (Å²) in [6, 6.07) is 7.41. The Morgan fingerprint density at radius 2 is 2.00 bits per heavy atom. The van der Waals surface area contributed by atoms with Crippen molar-refractivity contribution in [1.29, 1.82) is 0 Å². The molecule has 0 aromatic carbocycles. The van der Waals surface area contributed by atoms with E-state index in [1.165, 1.54) is 0 Å². The van der Waals surface area contributed by atoms with Crippen molar-refractivity contribution in [2.75, 3.05) is 38.0 Å². The highest BCUT2D eigenvalue weighted by Gasteiger charge is 2.22. The van der Waals surface area contributed by atoms with Crippen LogP contribution in [0.4, 0.5) is 10.6 Å². The summed E-state index contributed by atoms with van der Waals surface area (Å²) in [6.07, 6.45) is 4.99. The summed E-state index contributed by atoms with van der Waals surface area (Å²) < 4.78 is 3.48. The summed E-state index contributed by atoms with van der Waals surface area (Å²) in [5, 5.41) is 11.5. The smallest absolute Gasteiger partial charge is 0.322 e. The average molecular weight is 381 g/mol. The summed E-state index contributed by atoms with van der Waals surface area (Å²) in [7, 11) is 1.81. The maximum absolute atomic E-state index is 12.6. The second kappa shape index (κ2) is 8.17. The number of aromatic nitrogens is 6. The molecular weight excluding hydrogens is 358 g/mol. The highest BCUT2D eigenvalue weighted by atomic mass is 16.2. The number of urea groups is 1. The number of carbonyl (C=O) groups is 1. The monoisotopic (exact) mass is 381 g/mol. The molecule has 1 aliphatic heterocycles. The molecule has 0 saturated carbocycles. The van der Waals surface area contributed by atoms with Crippen LogP contribution in [-0.2, 0) is 13.6 Å². The van der Waals surface area contributed by atoms with E-state index in [2.05, 4.69) is 30.4 Å². The SMILES string of the molecule is Cn1nc(-c2ccccn2)cc1NC(=O)N1CCN(CCn2cncn2)CC1. The van der Waals surface area contributed by atoms with Crippen LogP contribution in [0.15, 0.2) is 43.1 Å². The Balaban J connectivity index is 1.29. The molecule has 4 rings (SSSR count). The number of anilines is 1. The molecule has 4 heterocycles. The second-order valence-corrected chi connectivity index (χ2v) is 6.67. The largest absolute Gasteiger partial charge is 0.323 e. The van der Waals surface area contributed by atoms with Gasteiger partial charge >= 0.3 is 6.03 Å². The first-order valence-electron chi connectivity index (χ1n) is 9.25. The Kier molecular flexibility index (Phi) is 5.29. The topological polar surface area (TPSA) is 97.0 Å². The molecule has 0 spiro atoms. The van der Waals surface area contributed by atoms with Gasteiger partial charge in [-0.15, -0.1) is 0 Å². The van der Waals surface area contributed by atoms with Crippen molar-refractivity contribution in [2.45, 2.75) is 6.54 Å². The Hall–Kier alpha value is -3.27. The van der Waals surface area contributed by atoms with Crippen LogP contribution in [0.25, 0.3) is 11.4 Å². The van der Waals surface area contributed by atoms with Gasteiger partial charge in [-0.25, -0.2) is 9.78 Å². The van der Waals surface area contributed by atoms with E-state index in [4.69, 9.17) is 0 Å². The van der Waals surface area contributed by atoms with Gasteiger partial charge in [-0.05, 0) is 12.1 Å². The Bertz CT molecular complexity index is 899. The van der Waals surface area contributed by atoms with Gasteiger partial charge in [0.25, 0.3) is 0 Å². The van der Waals surface area contributed by atoms with Gasteiger partial charge in [0.2, 0.25) is 0 Å². The zero-order valence-corrected chi connectivity index (χ0v) is 15.8. The molecule has 1 saturated heterocycles. The fourth-order valence-corrected chi connectivity index (χ4v) is 3.18. The molecule has 0 bridgehead atoms. The number of pyridine rings is 1. The number of rotatable bonds is 5. The van der Waals surface area contributed by atoms with Crippen molar-refractivity contribution in [3.8, 4) is 11.4 Å². The maximum Gasteiger partial charge on any atom is 0.323 e. The molecule has 146 valence electrons. The first-order valence-corrected chi connectivity index (χ1v) is 9.25. The van der Waals surface area contributed by atoms with E-state index in [9.17, 15) is 4.79 Å².